The highest BCUT2D eigenvalue weighted by molar-refractivity contribution is 5.78. The molecule has 1 heterocycles. The van der Waals surface area contributed by atoms with Gasteiger partial charge in [-0.3, -0.25) is 9.59 Å². The number of carboxylic acids is 1. The van der Waals surface area contributed by atoms with Crippen LogP contribution in [0.2, 0.25) is 0 Å². The van der Waals surface area contributed by atoms with Crippen molar-refractivity contribution in [1.29, 1.82) is 0 Å². The van der Waals surface area contributed by atoms with Crippen molar-refractivity contribution in [2.75, 3.05) is 13.1 Å². The number of aliphatic carboxylic acids is 1. The average molecular weight is 256 g/mol. The molecule has 1 amide bonds. The molecule has 0 aliphatic carbocycles. The molecule has 3 unspecified atom stereocenters. The summed E-state index contributed by atoms with van der Waals surface area (Å²) >= 11 is 0. The molecule has 5 heteroatoms. The third kappa shape index (κ3) is 5.49. The molecule has 0 aromatic rings. The zero-order valence-corrected chi connectivity index (χ0v) is 11.2. The monoisotopic (exact) mass is 256 g/mol. The van der Waals surface area contributed by atoms with E-state index in [1.807, 2.05) is 6.92 Å². The van der Waals surface area contributed by atoms with Crippen molar-refractivity contribution in [1.82, 2.24) is 10.6 Å². The van der Waals surface area contributed by atoms with E-state index in [0.29, 0.717) is 19.0 Å². The minimum Gasteiger partial charge on any atom is -0.481 e. The van der Waals surface area contributed by atoms with Crippen LogP contribution in [0.5, 0.6) is 0 Å². The first-order chi connectivity index (χ1) is 8.49. The first kappa shape index (κ1) is 15.0. The van der Waals surface area contributed by atoms with E-state index in [-0.39, 0.29) is 24.2 Å². The molecule has 3 N–H and O–H groups in total. The molecule has 5 nitrogen and oxygen atoms in total. The maximum atomic E-state index is 11.9. The second-order valence-corrected chi connectivity index (χ2v) is 5.36. The molecule has 3 atom stereocenters. The summed E-state index contributed by atoms with van der Waals surface area (Å²) in [5, 5.41) is 14.8. The van der Waals surface area contributed by atoms with Crippen molar-refractivity contribution in [3.8, 4) is 0 Å². The Morgan fingerprint density at radius 2 is 2.22 bits per heavy atom. The van der Waals surface area contributed by atoms with Crippen molar-refractivity contribution in [3.05, 3.63) is 0 Å². The van der Waals surface area contributed by atoms with Gasteiger partial charge in [0.2, 0.25) is 5.91 Å². The minimum atomic E-state index is -0.777. The molecular weight excluding hydrogens is 232 g/mol. The molecule has 1 fully saturated rings. The summed E-state index contributed by atoms with van der Waals surface area (Å²) in [7, 11) is 0. The van der Waals surface area contributed by atoms with Gasteiger partial charge in [0.25, 0.3) is 0 Å². The van der Waals surface area contributed by atoms with Gasteiger partial charge in [-0.1, -0.05) is 6.92 Å². The molecule has 1 rings (SSSR count). The summed E-state index contributed by atoms with van der Waals surface area (Å²) < 4.78 is 0. The number of amides is 1. The summed E-state index contributed by atoms with van der Waals surface area (Å²) in [5.74, 6) is -0.344. The maximum Gasteiger partial charge on any atom is 0.303 e. The van der Waals surface area contributed by atoms with Crippen LogP contribution in [-0.4, -0.2) is 36.1 Å². The highest BCUT2D eigenvalue weighted by Gasteiger charge is 2.24. The van der Waals surface area contributed by atoms with Crippen molar-refractivity contribution >= 4 is 11.9 Å². The molecule has 0 spiro atoms. The molecule has 0 radical (unpaired) electrons. The van der Waals surface area contributed by atoms with Gasteiger partial charge in [-0.15, -0.1) is 0 Å². The lowest BCUT2D eigenvalue weighted by molar-refractivity contribution is -0.137. The van der Waals surface area contributed by atoms with E-state index in [9.17, 15) is 9.59 Å². The lowest BCUT2D eigenvalue weighted by atomic mass is 9.92. The molecule has 0 saturated carbocycles. The largest absolute Gasteiger partial charge is 0.481 e. The fraction of sp³-hybridized carbons (Fsp3) is 0.846. The second kappa shape index (κ2) is 7.36. The van der Waals surface area contributed by atoms with Crippen molar-refractivity contribution in [2.24, 2.45) is 11.8 Å². The van der Waals surface area contributed by atoms with Gasteiger partial charge in [0.05, 0.1) is 0 Å². The van der Waals surface area contributed by atoms with Gasteiger partial charge in [-0.2, -0.15) is 0 Å². The van der Waals surface area contributed by atoms with Crippen molar-refractivity contribution in [2.45, 2.75) is 45.6 Å². The topological polar surface area (TPSA) is 78.4 Å². The van der Waals surface area contributed by atoms with Gasteiger partial charge in [-0.25, -0.2) is 0 Å². The zero-order valence-electron chi connectivity index (χ0n) is 11.2. The van der Waals surface area contributed by atoms with E-state index in [1.165, 1.54) is 0 Å². The molecule has 0 bridgehead atoms. The third-order valence-corrected chi connectivity index (χ3v) is 3.47. The van der Waals surface area contributed by atoms with E-state index < -0.39 is 5.97 Å². The fourth-order valence-electron chi connectivity index (χ4n) is 2.26. The molecular formula is C13H24N2O3. The van der Waals surface area contributed by atoms with Crippen LogP contribution in [0.25, 0.3) is 0 Å². The summed E-state index contributed by atoms with van der Waals surface area (Å²) in [4.78, 5) is 22.4. The molecule has 0 aromatic heterocycles. The fourth-order valence-corrected chi connectivity index (χ4v) is 2.26. The summed E-state index contributed by atoms with van der Waals surface area (Å²) in [6.45, 7) is 5.53. The van der Waals surface area contributed by atoms with Crippen LogP contribution in [-0.2, 0) is 9.59 Å². The predicted molar refractivity (Wildman–Crippen MR) is 69.2 cm³/mol. The Bertz CT molecular complexity index is 294. The van der Waals surface area contributed by atoms with E-state index in [1.54, 1.807) is 0 Å². The molecule has 1 aliphatic rings. The summed E-state index contributed by atoms with van der Waals surface area (Å²) in [5.41, 5.74) is 0. The Balaban J connectivity index is 2.21. The zero-order chi connectivity index (χ0) is 13.5. The van der Waals surface area contributed by atoms with Crippen LogP contribution in [0.1, 0.15) is 39.5 Å². The Morgan fingerprint density at radius 3 is 2.83 bits per heavy atom. The smallest absolute Gasteiger partial charge is 0.303 e. The number of nitrogens with one attached hydrogen (secondary N) is 2. The molecule has 0 aromatic carbocycles. The van der Waals surface area contributed by atoms with Gasteiger partial charge < -0.3 is 15.7 Å². The minimum absolute atomic E-state index is 0.105. The van der Waals surface area contributed by atoms with Crippen LogP contribution >= 0.6 is 0 Å². The lowest BCUT2D eigenvalue weighted by Gasteiger charge is -2.27. The van der Waals surface area contributed by atoms with E-state index >= 15 is 0 Å². The normalized spacial score (nSPS) is 25.4. The highest BCUT2D eigenvalue weighted by atomic mass is 16.4. The van der Waals surface area contributed by atoms with Gasteiger partial charge in [0.15, 0.2) is 0 Å². The molecule has 1 saturated heterocycles. The number of carbonyl (C=O) groups is 2. The van der Waals surface area contributed by atoms with Crippen molar-refractivity contribution in [3.63, 3.8) is 0 Å². The third-order valence-electron chi connectivity index (χ3n) is 3.47. The molecule has 104 valence electrons. The number of hydrogen-bond donors (Lipinski definition) is 3. The van der Waals surface area contributed by atoms with Gasteiger partial charge in [-0.05, 0) is 38.6 Å². The molecule has 1 aliphatic heterocycles. The van der Waals surface area contributed by atoms with E-state index in [0.717, 1.165) is 19.4 Å². The number of hydrogen-bond acceptors (Lipinski definition) is 3. The number of carboxylic acid groups (broad SMARTS) is 1. The van der Waals surface area contributed by atoms with Gasteiger partial charge >= 0.3 is 5.97 Å². The van der Waals surface area contributed by atoms with E-state index in [4.69, 9.17) is 5.11 Å². The predicted octanol–water partition coefficient (Wildman–Crippen LogP) is 0.992. The first-order valence-electron chi connectivity index (χ1n) is 6.72. The lowest BCUT2D eigenvalue weighted by Crippen LogP contribution is -2.43. The highest BCUT2D eigenvalue weighted by Crippen LogP contribution is 2.16. The Morgan fingerprint density at radius 1 is 1.50 bits per heavy atom. The number of carbonyl (C=O) groups excluding carboxylic acids is 1. The Kier molecular flexibility index (Phi) is 6.12. The maximum absolute atomic E-state index is 11.9. The molecule has 18 heavy (non-hydrogen) atoms. The second-order valence-electron chi connectivity index (χ2n) is 5.36. The van der Waals surface area contributed by atoms with Crippen LogP contribution in [0.3, 0.4) is 0 Å². The first-order valence-corrected chi connectivity index (χ1v) is 6.72. The van der Waals surface area contributed by atoms with Crippen LogP contribution in [0.15, 0.2) is 0 Å². The summed E-state index contributed by atoms with van der Waals surface area (Å²) in [6, 6.07) is 0.402. The quantitative estimate of drug-likeness (QED) is 0.662. The van der Waals surface area contributed by atoms with Crippen molar-refractivity contribution < 1.29 is 14.7 Å². The van der Waals surface area contributed by atoms with Gasteiger partial charge in [0, 0.05) is 24.9 Å². The van der Waals surface area contributed by atoms with Crippen LogP contribution in [0.4, 0.5) is 0 Å². The Labute approximate surface area is 108 Å². The standard InChI is InChI=1S/C13H24N2O3/c1-9(3-4-12(16)17)8-15-13(18)11-5-6-14-10(2)7-11/h9-11,14H,3-8H2,1-2H3,(H,15,18)(H,16,17). The van der Waals surface area contributed by atoms with Gasteiger partial charge in [0.1, 0.15) is 0 Å². The van der Waals surface area contributed by atoms with E-state index in [2.05, 4.69) is 17.6 Å². The SMILES string of the molecule is CC(CCC(=O)O)CNC(=O)C1CCNC(C)C1. The van der Waals surface area contributed by atoms with Crippen LogP contribution < -0.4 is 10.6 Å². The Hall–Kier alpha value is -1.10. The van der Waals surface area contributed by atoms with Crippen LogP contribution in [0, 0.1) is 11.8 Å². The summed E-state index contributed by atoms with van der Waals surface area (Å²) in [6.07, 6.45) is 2.55. The number of piperidine rings is 1. The average Bonchev–Trinajstić information content (AvgIpc) is 2.33. The number of rotatable bonds is 6.